The first-order valence-corrected chi connectivity index (χ1v) is 7.14. The van der Waals surface area contributed by atoms with E-state index in [9.17, 15) is 0 Å². The van der Waals surface area contributed by atoms with E-state index in [1.54, 1.807) is 12.4 Å². The van der Waals surface area contributed by atoms with Gasteiger partial charge in [0.05, 0.1) is 12.2 Å². The van der Waals surface area contributed by atoms with Gasteiger partial charge in [0.2, 0.25) is 0 Å². The van der Waals surface area contributed by atoms with Crippen LogP contribution in [0.3, 0.4) is 0 Å². The highest BCUT2D eigenvalue weighted by Gasteiger charge is 2.12. The molecule has 0 saturated heterocycles. The van der Waals surface area contributed by atoms with E-state index in [1.807, 2.05) is 43.8 Å². The van der Waals surface area contributed by atoms with Crippen molar-refractivity contribution >= 4 is 5.82 Å². The lowest BCUT2D eigenvalue weighted by molar-refractivity contribution is 0.419. The van der Waals surface area contributed by atoms with Crippen LogP contribution in [0.5, 0.6) is 0 Å². The lowest BCUT2D eigenvalue weighted by atomic mass is 10.2. The minimum absolute atomic E-state index is 0.238. The van der Waals surface area contributed by atoms with Crippen molar-refractivity contribution in [3.8, 4) is 11.5 Å². The van der Waals surface area contributed by atoms with Gasteiger partial charge in [-0.1, -0.05) is 19.0 Å². The lowest BCUT2D eigenvalue weighted by Crippen LogP contribution is -2.06. The van der Waals surface area contributed by atoms with E-state index in [0.717, 1.165) is 17.1 Å². The van der Waals surface area contributed by atoms with Crippen molar-refractivity contribution < 1.29 is 4.52 Å². The molecule has 3 heterocycles. The summed E-state index contributed by atoms with van der Waals surface area (Å²) < 4.78 is 7.13. The Morgan fingerprint density at radius 2 is 2.14 bits per heavy atom. The predicted octanol–water partition coefficient (Wildman–Crippen LogP) is 2.60. The number of aryl methyl sites for hydroxylation is 1. The van der Waals surface area contributed by atoms with Crippen molar-refractivity contribution in [3.05, 3.63) is 42.1 Å². The van der Waals surface area contributed by atoms with Crippen LogP contribution < -0.4 is 5.32 Å². The van der Waals surface area contributed by atoms with Gasteiger partial charge in [0, 0.05) is 30.9 Å². The van der Waals surface area contributed by atoms with Crippen LogP contribution in [0, 0.1) is 0 Å². The topological polar surface area (TPSA) is 81.7 Å². The van der Waals surface area contributed by atoms with Gasteiger partial charge in [-0.05, 0) is 18.2 Å². The van der Waals surface area contributed by atoms with Crippen LogP contribution in [0.25, 0.3) is 11.5 Å². The molecule has 0 unspecified atom stereocenters. The van der Waals surface area contributed by atoms with E-state index in [-0.39, 0.29) is 5.92 Å². The highest BCUT2D eigenvalue weighted by molar-refractivity contribution is 5.57. The fraction of sp³-hybridized carbons (Fsp3) is 0.333. The predicted molar refractivity (Wildman–Crippen MR) is 82.2 cm³/mol. The van der Waals surface area contributed by atoms with Gasteiger partial charge < -0.3 is 9.84 Å². The monoisotopic (exact) mass is 298 g/mol. The number of nitrogens with zero attached hydrogens (tertiary/aromatic N) is 5. The zero-order valence-electron chi connectivity index (χ0n) is 12.8. The van der Waals surface area contributed by atoms with Gasteiger partial charge in [-0.2, -0.15) is 10.1 Å². The van der Waals surface area contributed by atoms with Crippen molar-refractivity contribution in [1.29, 1.82) is 0 Å². The second-order valence-corrected chi connectivity index (χ2v) is 5.34. The Balaban J connectivity index is 1.75. The van der Waals surface area contributed by atoms with Gasteiger partial charge in [-0.15, -0.1) is 0 Å². The molecule has 0 aliphatic heterocycles. The lowest BCUT2D eigenvalue weighted by Gasteiger charge is -2.06. The fourth-order valence-electron chi connectivity index (χ4n) is 2.00. The molecule has 0 fully saturated rings. The number of hydrogen-bond acceptors (Lipinski definition) is 6. The summed E-state index contributed by atoms with van der Waals surface area (Å²) in [5.41, 5.74) is 1.92. The number of aromatic nitrogens is 5. The summed E-state index contributed by atoms with van der Waals surface area (Å²) in [7, 11) is 1.91. The van der Waals surface area contributed by atoms with E-state index in [1.165, 1.54) is 0 Å². The van der Waals surface area contributed by atoms with Crippen LogP contribution >= 0.6 is 0 Å². The molecule has 114 valence electrons. The Labute approximate surface area is 128 Å². The van der Waals surface area contributed by atoms with E-state index in [4.69, 9.17) is 4.52 Å². The normalized spacial score (nSPS) is 11.1. The second-order valence-electron chi connectivity index (χ2n) is 5.34. The molecule has 0 saturated carbocycles. The minimum Gasteiger partial charge on any atom is -0.364 e. The van der Waals surface area contributed by atoms with Crippen molar-refractivity contribution in [2.75, 3.05) is 5.32 Å². The Hall–Kier alpha value is -2.70. The summed E-state index contributed by atoms with van der Waals surface area (Å²) in [5, 5.41) is 11.4. The Morgan fingerprint density at radius 3 is 2.82 bits per heavy atom. The molecular formula is C15H18N6O. The summed E-state index contributed by atoms with van der Waals surface area (Å²) in [6.07, 6.45) is 3.49. The second kappa shape index (κ2) is 5.97. The molecular weight excluding hydrogens is 280 g/mol. The summed E-state index contributed by atoms with van der Waals surface area (Å²) >= 11 is 0. The maximum atomic E-state index is 5.31. The maximum absolute atomic E-state index is 5.31. The largest absolute Gasteiger partial charge is 0.364 e. The molecule has 3 rings (SSSR count). The molecule has 22 heavy (non-hydrogen) atoms. The molecule has 0 aliphatic rings. The fourth-order valence-corrected chi connectivity index (χ4v) is 2.00. The Morgan fingerprint density at radius 1 is 1.27 bits per heavy atom. The SMILES string of the molecule is CC(C)c1noc(-c2ccnc(NCc3ccnn3C)c2)n1. The molecule has 3 aromatic rings. The number of hydrogen-bond donors (Lipinski definition) is 1. The Bertz CT molecular complexity index is 761. The van der Waals surface area contributed by atoms with E-state index in [2.05, 4.69) is 25.5 Å². The first-order valence-electron chi connectivity index (χ1n) is 7.14. The molecule has 0 bridgehead atoms. The standard InChI is InChI=1S/C15H18N6O/c1-10(2)14-19-15(22-20-14)11-4-6-16-13(8-11)17-9-12-5-7-18-21(12)3/h4-8,10H,9H2,1-3H3,(H,16,17). The molecule has 7 heteroatoms. The number of rotatable bonds is 5. The third-order valence-corrected chi connectivity index (χ3v) is 3.34. The quantitative estimate of drug-likeness (QED) is 0.779. The van der Waals surface area contributed by atoms with Crippen LogP contribution in [0.15, 0.2) is 35.1 Å². The van der Waals surface area contributed by atoms with Crippen molar-refractivity contribution in [2.24, 2.45) is 7.05 Å². The first-order chi connectivity index (χ1) is 10.6. The third-order valence-electron chi connectivity index (χ3n) is 3.34. The average Bonchev–Trinajstić information content (AvgIpc) is 3.14. The first kappa shape index (κ1) is 14.2. The maximum Gasteiger partial charge on any atom is 0.258 e. The van der Waals surface area contributed by atoms with Gasteiger partial charge in [0.15, 0.2) is 5.82 Å². The third kappa shape index (κ3) is 2.98. The Kier molecular flexibility index (Phi) is 3.86. The molecule has 0 amide bonds. The highest BCUT2D eigenvalue weighted by Crippen LogP contribution is 2.21. The highest BCUT2D eigenvalue weighted by atomic mass is 16.5. The molecule has 0 radical (unpaired) electrons. The minimum atomic E-state index is 0.238. The number of nitrogens with one attached hydrogen (secondary N) is 1. The van der Waals surface area contributed by atoms with Crippen molar-refractivity contribution in [1.82, 2.24) is 24.9 Å². The summed E-state index contributed by atoms with van der Waals surface area (Å²) in [6, 6.07) is 5.71. The van der Waals surface area contributed by atoms with E-state index < -0.39 is 0 Å². The summed E-state index contributed by atoms with van der Waals surface area (Å²) in [4.78, 5) is 8.70. The van der Waals surface area contributed by atoms with Crippen molar-refractivity contribution in [2.45, 2.75) is 26.3 Å². The smallest absolute Gasteiger partial charge is 0.258 e. The van der Waals surface area contributed by atoms with Gasteiger partial charge in [-0.3, -0.25) is 4.68 Å². The van der Waals surface area contributed by atoms with Crippen LogP contribution in [-0.2, 0) is 13.6 Å². The number of pyridine rings is 1. The van der Waals surface area contributed by atoms with Crippen LogP contribution in [0.2, 0.25) is 0 Å². The molecule has 1 N–H and O–H groups in total. The molecule has 0 aliphatic carbocycles. The van der Waals surface area contributed by atoms with Gasteiger partial charge in [0.1, 0.15) is 5.82 Å². The van der Waals surface area contributed by atoms with Crippen LogP contribution in [0.4, 0.5) is 5.82 Å². The van der Waals surface area contributed by atoms with E-state index in [0.29, 0.717) is 18.3 Å². The number of anilines is 1. The van der Waals surface area contributed by atoms with E-state index >= 15 is 0 Å². The molecule has 7 nitrogen and oxygen atoms in total. The summed E-state index contributed by atoms with van der Waals surface area (Å²) in [6.45, 7) is 4.71. The molecule has 0 spiro atoms. The summed E-state index contributed by atoms with van der Waals surface area (Å²) in [5.74, 6) is 2.20. The van der Waals surface area contributed by atoms with Crippen LogP contribution in [-0.4, -0.2) is 24.9 Å². The van der Waals surface area contributed by atoms with Gasteiger partial charge in [0.25, 0.3) is 5.89 Å². The van der Waals surface area contributed by atoms with Crippen LogP contribution in [0.1, 0.15) is 31.3 Å². The molecule has 0 aromatic carbocycles. The average molecular weight is 298 g/mol. The molecule has 0 atom stereocenters. The van der Waals surface area contributed by atoms with Crippen molar-refractivity contribution in [3.63, 3.8) is 0 Å². The molecule has 3 aromatic heterocycles. The zero-order chi connectivity index (χ0) is 15.5. The van der Waals surface area contributed by atoms with Gasteiger partial charge >= 0.3 is 0 Å². The zero-order valence-corrected chi connectivity index (χ0v) is 12.8. The van der Waals surface area contributed by atoms with Gasteiger partial charge in [-0.25, -0.2) is 4.98 Å².